The predicted octanol–water partition coefficient (Wildman–Crippen LogP) is 1.71. The molecule has 0 atom stereocenters. The van der Waals surface area contributed by atoms with Gasteiger partial charge in [-0.3, -0.25) is 4.98 Å². The molecule has 12 heavy (non-hydrogen) atoms. The van der Waals surface area contributed by atoms with Gasteiger partial charge in [0.2, 0.25) is 0 Å². The maximum atomic E-state index is 10.7. The number of carbonyl (C=O) groups is 1. The number of pyridine rings is 1. The summed E-state index contributed by atoms with van der Waals surface area (Å²) in [6.07, 6.45) is 0. The summed E-state index contributed by atoms with van der Waals surface area (Å²) < 4.78 is 0. The summed E-state index contributed by atoms with van der Waals surface area (Å²) in [6.45, 7) is 5.37. The molecule has 3 nitrogen and oxygen atoms in total. The monoisotopic (exact) mass is 165 g/mol. The van der Waals surface area contributed by atoms with Crippen molar-refractivity contribution in [1.29, 1.82) is 0 Å². The van der Waals surface area contributed by atoms with Crippen LogP contribution in [0.1, 0.15) is 27.3 Å². The van der Waals surface area contributed by atoms with E-state index in [-0.39, 0.29) is 0 Å². The highest BCUT2D eigenvalue weighted by molar-refractivity contribution is 5.89. The van der Waals surface area contributed by atoms with Gasteiger partial charge >= 0.3 is 5.97 Å². The van der Waals surface area contributed by atoms with Gasteiger partial charge in [0, 0.05) is 11.4 Å². The largest absolute Gasteiger partial charge is 0.478 e. The summed E-state index contributed by atoms with van der Waals surface area (Å²) in [5.41, 5.74) is 2.62. The molecule has 1 aromatic heterocycles. The molecule has 0 amide bonds. The molecule has 1 N–H and O–H groups in total. The molecule has 0 fully saturated rings. The molecule has 0 aromatic carbocycles. The van der Waals surface area contributed by atoms with E-state index < -0.39 is 5.97 Å². The minimum atomic E-state index is -0.888. The zero-order valence-electron chi connectivity index (χ0n) is 7.38. The zero-order valence-corrected chi connectivity index (χ0v) is 7.38. The Kier molecular flexibility index (Phi) is 2.13. The summed E-state index contributed by atoms with van der Waals surface area (Å²) >= 11 is 0. The van der Waals surface area contributed by atoms with Gasteiger partial charge in [0.25, 0.3) is 0 Å². The van der Waals surface area contributed by atoms with E-state index >= 15 is 0 Å². The maximum Gasteiger partial charge on any atom is 0.336 e. The van der Waals surface area contributed by atoms with Crippen molar-refractivity contribution in [2.24, 2.45) is 0 Å². The molecule has 0 spiro atoms. The average Bonchev–Trinajstić information content (AvgIpc) is 1.96. The van der Waals surface area contributed by atoms with Crippen LogP contribution < -0.4 is 0 Å². The van der Waals surface area contributed by atoms with Crippen LogP contribution in [0.5, 0.6) is 0 Å². The number of rotatable bonds is 1. The van der Waals surface area contributed by atoms with E-state index in [1.54, 1.807) is 19.9 Å². The van der Waals surface area contributed by atoms with E-state index in [4.69, 9.17) is 5.11 Å². The van der Waals surface area contributed by atoms with Crippen molar-refractivity contribution < 1.29 is 9.90 Å². The van der Waals surface area contributed by atoms with E-state index in [9.17, 15) is 4.79 Å². The zero-order chi connectivity index (χ0) is 9.30. The Hall–Kier alpha value is -1.38. The van der Waals surface area contributed by atoms with Crippen molar-refractivity contribution >= 4 is 5.97 Å². The Balaban J connectivity index is 3.37. The molecule has 0 unspecified atom stereocenters. The van der Waals surface area contributed by atoms with Gasteiger partial charge in [0.05, 0.1) is 5.56 Å². The van der Waals surface area contributed by atoms with Crippen LogP contribution in [0.3, 0.4) is 0 Å². The fraction of sp³-hybridized carbons (Fsp3) is 0.333. The van der Waals surface area contributed by atoms with Crippen LogP contribution >= 0.6 is 0 Å². The molecule has 1 heterocycles. The summed E-state index contributed by atoms with van der Waals surface area (Å²) in [5.74, 6) is -0.888. The fourth-order valence-corrected chi connectivity index (χ4v) is 1.11. The van der Waals surface area contributed by atoms with Crippen LogP contribution in [-0.2, 0) is 0 Å². The number of aromatic nitrogens is 1. The van der Waals surface area contributed by atoms with Crippen molar-refractivity contribution in [2.75, 3.05) is 0 Å². The lowest BCUT2D eigenvalue weighted by Crippen LogP contribution is -2.04. The lowest BCUT2D eigenvalue weighted by atomic mass is 10.1. The van der Waals surface area contributed by atoms with E-state index in [0.717, 1.165) is 17.0 Å². The molecule has 0 radical (unpaired) electrons. The van der Waals surface area contributed by atoms with Crippen LogP contribution in [0, 0.1) is 20.8 Å². The maximum absolute atomic E-state index is 10.7. The minimum absolute atomic E-state index is 0.347. The lowest BCUT2D eigenvalue weighted by molar-refractivity contribution is 0.0695. The summed E-state index contributed by atoms with van der Waals surface area (Å²) in [6, 6.07) is 1.59. The van der Waals surface area contributed by atoms with Crippen LogP contribution in [-0.4, -0.2) is 16.1 Å². The fourth-order valence-electron chi connectivity index (χ4n) is 1.11. The topological polar surface area (TPSA) is 50.2 Å². The second kappa shape index (κ2) is 2.93. The van der Waals surface area contributed by atoms with Crippen molar-refractivity contribution in [3.63, 3.8) is 0 Å². The van der Waals surface area contributed by atoms with Gasteiger partial charge in [-0.05, 0) is 32.4 Å². The van der Waals surface area contributed by atoms with E-state index in [0.29, 0.717) is 5.56 Å². The van der Waals surface area contributed by atoms with E-state index in [2.05, 4.69) is 4.98 Å². The third-order valence-corrected chi connectivity index (χ3v) is 1.87. The molecule has 0 aliphatic rings. The van der Waals surface area contributed by atoms with Gasteiger partial charge in [0.15, 0.2) is 0 Å². The van der Waals surface area contributed by atoms with Gasteiger partial charge in [-0.25, -0.2) is 4.79 Å². The molecule has 1 rings (SSSR count). The molecule has 0 aliphatic heterocycles. The van der Waals surface area contributed by atoms with E-state index in [1.807, 2.05) is 6.92 Å². The number of nitrogens with zero attached hydrogens (tertiary/aromatic N) is 1. The normalized spacial score (nSPS) is 9.92. The highest BCUT2D eigenvalue weighted by Crippen LogP contribution is 2.12. The Labute approximate surface area is 71.1 Å². The predicted molar refractivity (Wildman–Crippen MR) is 45.4 cm³/mol. The van der Waals surface area contributed by atoms with Gasteiger partial charge in [-0.15, -0.1) is 0 Å². The lowest BCUT2D eigenvalue weighted by Gasteiger charge is -2.04. The molecular formula is C9H11NO2. The SMILES string of the molecule is Cc1cc(C(=O)O)c(C)c(C)n1. The summed E-state index contributed by atoms with van der Waals surface area (Å²) in [5, 5.41) is 8.79. The Morgan fingerprint density at radius 1 is 1.42 bits per heavy atom. The third kappa shape index (κ3) is 1.44. The Morgan fingerprint density at radius 2 is 2.00 bits per heavy atom. The quantitative estimate of drug-likeness (QED) is 0.689. The molecular weight excluding hydrogens is 154 g/mol. The first kappa shape index (κ1) is 8.71. The first-order chi connectivity index (χ1) is 5.52. The Bertz CT molecular complexity index is 332. The van der Waals surface area contributed by atoms with Crippen LogP contribution in [0.4, 0.5) is 0 Å². The number of hydrogen-bond acceptors (Lipinski definition) is 2. The number of hydrogen-bond donors (Lipinski definition) is 1. The minimum Gasteiger partial charge on any atom is -0.478 e. The second-order valence-corrected chi connectivity index (χ2v) is 2.83. The van der Waals surface area contributed by atoms with Crippen molar-refractivity contribution in [3.8, 4) is 0 Å². The van der Waals surface area contributed by atoms with Gasteiger partial charge in [0.1, 0.15) is 0 Å². The molecule has 0 aliphatic carbocycles. The number of carboxylic acids is 1. The molecule has 0 bridgehead atoms. The number of aryl methyl sites for hydroxylation is 2. The smallest absolute Gasteiger partial charge is 0.336 e. The summed E-state index contributed by atoms with van der Waals surface area (Å²) in [7, 11) is 0. The van der Waals surface area contributed by atoms with E-state index in [1.165, 1.54) is 0 Å². The highest BCUT2D eigenvalue weighted by Gasteiger charge is 2.09. The molecule has 64 valence electrons. The van der Waals surface area contributed by atoms with Gasteiger partial charge in [-0.1, -0.05) is 0 Å². The van der Waals surface area contributed by atoms with Gasteiger partial charge in [-0.2, -0.15) is 0 Å². The third-order valence-electron chi connectivity index (χ3n) is 1.87. The highest BCUT2D eigenvalue weighted by atomic mass is 16.4. The van der Waals surface area contributed by atoms with Crippen molar-refractivity contribution in [1.82, 2.24) is 4.98 Å². The Morgan fingerprint density at radius 3 is 2.50 bits per heavy atom. The first-order valence-electron chi connectivity index (χ1n) is 3.70. The number of aromatic carboxylic acids is 1. The standard InChI is InChI=1S/C9H11NO2/c1-5-4-8(9(11)12)6(2)7(3)10-5/h4H,1-3H3,(H,11,12). The first-order valence-corrected chi connectivity index (χ1v) is 3.70. The van der Waals surface area contributed by atoms with Crippen LogP contribution in [0.25, 0.3) is 0 Å². The molecule has 0 saturated heterocycles. The second-order valence-electron chi connectivity index (χ2n) is 2.83. The number of carboxylic acid groups (broad SMARTS) is 1. The molecule has 1 aromatic rings. The van der Waals surface area contributed by atoms with Crippen LogP contribution in [0.15, 0.2) is 6.07 Å². The van der Waals surface area contributed by atoms with Crippen molar-refractivity contribution in [2.45, 2.75) is 20.8 Å². The summed E-state index contributed by atoms with van der Waals surface area (Å²) in [4.78, 5) is 14.9. The van der Waals surface area contributed by atoms with Gasteiger partial charge < -0.3 is 5.11 Å². The van der Waals surface area contributed by atoms with Crippen molar-refractivity contribution in [3.05, 3.63) is 28.6 Å². The van der Waals surface area contributed by atoms with Crippen LogP contribution in [0.2, 0.25) is 0 Å². The molecule has 0 saturated carbocycles. The molecule has 3 heteroatoms. The average molecular weight is 165 g/mol.